The highest BCUT2D eigenvalue weighted by Gasteiger charge is 2.15. The van der Waals surface area contributed by atoms with Crippen LogP contribution in [0, 0.1) is 0 Å². The minimum atomic E-state index is 0.306. The van der Waals surface area contributed by atoms with E-state index < -0.39 is 0 Å². The number of ether oxygens (including phenoxy) is 1. The van der Waals surface area contributed by atoms with Crippen LogP contribution in [0.25, 0.3) is 0 Å². The predicted octanol–water partition coefficient (Wildman–Crippen LogP) is 3.41. The lowest BCUT2D eigenvalue weighted by molar-refractivity contribution is 0.166. The molecule has 2 heteroatoms. The van der Waals surface area contributed by atoms with Crippen LogP contribution in [0.15, 0.2) is 54.6 Å². The predicted molar refractivity (Wildman–Crippen MR) is 82.2 cm³/mol. The Balaban J connectivity index is 1.74. The van der Waals surface area contributed by atoms with Gasteiger partial charge in [-0.15, -0.1) is 0 Å². The molecule has 1 saturated heterocycles. The zero-order valence-electron chi connectivity index (χ0n) is 11.7. The fourth-order valence-electron chi connectivity index (χ4n) is 2.68. The highest BCUT2D eigenvalue weighted by atomic mass is 16.5. The summed E-state index contributed by atoms with van der Waals surface area (Å²) in [4.78, 5) is 0. The highest BCUT2D eigenvalue weighted by Crippen LogP contribution is 2.23. The fraction of sp³-hybridized carbons (Fsp3) is 0.333. The van der Waals surface area contributed by atoms with E-state index in [9.17, 15) is 0 Å². The Morgan fingerprint density at radius 1 is 1.00 bits per heavy atom. The Labute approximate surface area is 120 Å². The third kappa shape index (κ3) is 3.40. The van der Waals surface area contributed by atoms with Crippen LogP contribution in [0.2, 0.25) is 0 Å². The van der Waals surface area contributed by atoms with E-state index in [2.05, 4.69) is 59.9 Å². The van der Waals surface area contributed by atoms with Crippen molar-refractivity contribution >= 4 is 0 Å². The average Bonchev–Trinajstić information content (AvgIpc) is 2.51. The second kappa shape index (κ2) is 6.58. The van der Waals surface area contributed by atoms with E-state index in [-0.39, 0.29) is 0 Å². The van der Waals surface area contributed by atoms with Gasteiger partial charge in [-0.1, -0.05) is 48.5 Å². The first-order valence-electron chi connectivity index (χ1n) is 7.41. The molecule has 1 fully saturated rings. The number of hydrogen-bond donors (Lipinski definition) is 1. The summed E-state index contributed by atoms with van der Waals surface area (Å²) in [6, 6.07) is 19.0. The summed E-state index contributed by atoms with van der Waals surface area (Å²) >= 11 is 0. The Bertz CT molecular complexity index is 532. The molecule has 0 spiro atoms. The van der Waals surface area contributed by atoms with Crippen molar-refractivity contribution in [2.45, 2.75) is 25.4 Å². The maximum absolute atomic E-state index is 6.20. The van der Waals surface area contributed by atoms with E-state index in [0.29, 0.717) is 6.10 Å². The topological polar surface area (TPSA) is 21.3 Å². The molecule has 2 nitrogen and oxygen atoms in total. The van der Waals surface area contributed by atoms with Crippen LogP contribution in [-0.4, -0.2) is 19.2 Å². The van der Waals surface area contributed by atoms with Crippen molar-refractivity contribution in [2.24, 2.45) is 0 Å². The van der Waals surface area contributed by atoms with Gasteiger partial charge in [0, 0.05) is 13.0 Å². The van der Waals surface area contributed by atoms with Gasteiger partial charge in [-0.05, 0) is 36.6 Å². The molecule has 104 valence electrons. The lowest BCUT2D eigenvalue weighted by Gasteiger charge is -2.25. The lowest BCUT2D eigenvalue weighted by Crippen LogP contribution is -2.37. The Morgan fingerprint density at radius 2 is 1.80 bits per heavy atom. The van der Waals surface area contributed by atoms with Crippen molar-refractivity contribution in [3.8, 4) is 5.75 Å². The molecule has 0 aliphatic carbocycles. The Hall–Kier alpha value is -1.80. The third-order valence-corrected chi connectivity index (χ3v) is 3.76. The van der Waals surface area contributed by atoms with Crippen LogP contribution in [-0.2, 0) is 6.42 Å². The fourth-order valence-corrected chi connectivity index (χ4v) is 2.68. The molecule has 0 aromatic heterocycles. The molecule has 1 heterocycles. The Morgan fingerprint density at radius 3 is 2.60 bits per heavy atom. The summed E-state index contributed by atoms with van der Waals surface area (Å²) in [7, 11) is 0. The van der Waals surface area contributed by atoms with Gasteiger partial charge in [-0.25, -0.2) is 0 Å². The number of nitrogens with one attached hydrogen (secondary N) is 1. The quantitative estimate of drug-likeness (QED) is 0.916. The van der Waals surface area contributed by atoms with Crippen molar-refractivity contribution in [2.75, 3.05) is 13.1 Å². The maximum atomic E-state index is 6.20. The average molecular weight is 267 g/mol. The largest absolute Gasteiger partial charge is 0.489 e. The zero-order chi connectivity index (χ0) is 13.6. The molecule has 0 bridgehead atoms. The van der Waals surface area contributed by atoms with Crippen LogP contribution in [0.5, 0.6) is 5.75 Å². The molecule has 2 aromatic carbocycles. The van der Waals surface area contributed by atoms with E-state index >= 15 is 0 Å². The number of piperidine rings is 1. The second-order valence-electron chi connectivity index (χ2n) is 5.36. The first-order valence-corrected chi connectivity index (χ1v) is 7.41. The first kappa shape index (κ1) is 13.2. The third-order valence-electron chi connectivity index (χ3n) is 3.76. The van der Waals surface area contributed by atoms with Crippen LogP contribution in [0.4, 0.5) is 0 Å². The van der Waals surface area contributed by atoms with Gasteiger partial charge in [-0.3, -0.25) is 0 Å². The number of hydrogen-bond acceptors (Lipinski definition) is 2. The molecule has 20 heavy (non-hydrogen) atoms. The summed E-state index contributed by atoms with van der Waals surface area (Å²) in [5.41, 5.74) is 2.59. The lowest BCUT2D eigenvalue weighted by atomic mass is 10.0. The first-order chi connectivity index (χ1) is 9.92. The van der Waals surface area contributed by atoms with Crippen molar-refractivity contribution in [3.05, 3.63) is 65.7 Å². The van der Waals surface area contributed by atoms with Gasteiger partial charge in [0.1, 0.15) is 11.9 Å². The van der Waals surface area contributed by atoms with E-state index in [4.69, 9.17) is 4.74 Å². The van der Waals surface area contributed by atoms with Gasteiger partial charge in [0.2, 0.25) is 0 Å². The van der Waals surface area contributed by atoms with Crippen molar-refractivity contribution < 1.29 is 4.74 Å². The normalized spacial score (nSPS) is 18.7. The number of benzene rings is 2. The summed E-state index contributed by atoms with van der Waals surface area (Å²) < 4.78 is 6.20. The molecule has 1 aliphatic rings. The SMILES string of the molecule is c1ccc(Cc2ccccc2O[C@@H]2CCCNC2)cc1. The van der Waals surface area contributed by atoms with Crippen LogP contribution in [0.3, 0.4) is 0 Å². The van der Waals surface area contributed by atoms with Crippen LogP contribution >= 0.6 is 0 Å². The van der Waals surface area contributed by atoms with E-state index in [0.717, 1.165) is 31.7 Å². The molecule has 0 saturated carbocycles. The summed E-state index contributed by atoms with van der Waals surface area (Å²) in [5.74, 6) is 1.03. The molecule has 3 rings (SSSR count). The molecule has 1 aliphatic heterocycles. The van der Waals surface area contributed by atoms with E-state index in [1.165, 1.54) is 17.5 Å². The number of para-hydroxylation sites is 1. The van der Waals surface area contributed by atoms with Crippen LogP contribution in [0.1, 0.15) is 24.0 Å². The molecule has 0 unspecified atom stereocenters. The molecular formula is C18H21NO. The van der Waals surface area contributed by atoms with Gasteiger partial charge in [0.15, 0.2) is 0 Å². The van der Waals surface area contributed by atoms with Crippen molar-refractivity contribution in [3.63, 3.8) is 0 Å². The molecule has 1 atom stereocenters. The monoisotopic (exact) mass is 267 g/mol. The smallest absolute Gasteiger partial charge is 0.123 e. The minimum absolute atomic E-state index is 0.306. The zero-order valence-corrected chi connectivity index (χ0v) is 11.7. The van der Waals surface area contributed by atoms with Crippen molar-refractivity contribution in [1.82, 2.24) is 5.32 Å². The van der Waals surface area contributed by atoms with Gasteiger partial charge < -0.3 is 10.1 Å². The van der Waals surface area contributed by atoms with E-state index in [1.54, 1.807) is 0 Å². The van der Waals surface area contributed by atoms with E-state index in [1.807, 2.05) is 0 Å². The molecular weight excluding hydrogens is 246 g/mol. The molecule has 2 aromatic rings. The standard InChI is InChI=1S/C18H21NO/c1-2-7-15(8-3-1)13-16-9-4-5-11-18(16)20-17-10-6-12-19-14-17/h1-5,7-9,11,17,19H,6,10,12-14H2/t17-/m1/s1. The maximum Gasteiger partial charge on any atom is 0.123 e. The van der Waals surface area contributed by atoms with Gasteiger partial charge >= 0.3 is 0 Å². The highest BCUT2D eigenvalue weighted by molar-refractivity contribution is 5.37. The second-order valence-corrected chi connectivity index (χ2v) is 5.36. The molecule has 1 N–H and O–H groups in total. The van der Waals surface area contributed by atoms with Gasteiger partial charge in [-0.2, -0.15) is 0 Å². The summed E-state index contributed by atoms with van der Waals surface area (Å²) in [5, 5.41) is 3.40. The van der Waals surface area contributed by atoms with Crippen LogP contribution < -0.4 is 10.1 Å². The van der Waals surface area contributed by atoms with Crippen molar-refractivity contribution in [1.29, 1.82) is 0 Å². The van der Waals surface area contributed by atoms with Gasteiger partial charge in [0.25, 0.3) is 0 Å². The molecule has 0 radical (unpaired) electrons. The number of rotatable bonds is 4. The minimum Gasteiger partial charge on any atom is -0.489 e. The van der Waals surface area contributed by atoms with Gasteiger partial charge in [0.05, 0.1) is 0 Å². The summed E-state index contributed by atoms with van der Waals surface area (Å²) in [6.45, 7) is 2.07. The summed E-state index contributed by atoms with van der Waals surface area (Å²) in [6.07, 6.45) is 3.58. The Kier molecular flexibility index (Phi) is 4.34. The molecule has 0 amide bonds.